The Morgan fingerprint density at radius 1 is 1.29 bits per heavy atom. The third-order valence-electron chi connectivity index (χ3n) is 3.40. The van der Waals surface area contributed by atoms with Gasteiger partial charge in [-0.25, -0.2) is 0 Å². The van der Waals surface area contributed by atoms with Crippen LogP contribution in [-0.2, 0) is 6.54 Å². The summed E-state index contributed by atoms with van der Waals surface area (Å²) in [5.74, 6) is 2.17. The molecule has 0 bridgehead atoms. The van der Waals surface area contributed by atoms with Crippen molar-refractivity contribution in [2.24, 2.45) is 5.92 Å². The molecule has 7 heteroatoms. The number of halogens is 1. The van der Waals surface area contributed by atoms with Gasteiger partial charge in [0.25, 0.3) is 0 Å². The van der Waals surface area contributed by atoms with Crippen molar-refractivity contribution in [2.45, 2.75) is 18.6 Å². The van der Waals surface area contributed by atoms with E-state index < -0.39 is 0 Å². The van der Waals surface area contributed by atoms with Gasteiger partial charge in [0.2, 0.25) is 0 Å². The monoisotopic (exact) mass is 358 g/mol. The zero-order valence-electron chi connectivity index (χ0n) is 13.0. The fourth-order valence-corrected chi connectivity index (χ4v) is 3.15. The second kappa shape index (κ2) is 7.56. The number of nitrogens with zero attached hydrogens (tertiary/aromatic N) is 4. The predicted molar refractivity (Wildman–Crippen MR) is 93.8 cm³/mol. The summed E-state index contributed by atoms with van der Waals surface area (Å²) >= 11 is 7.49. The largest absolute Gasteiger partial charge is 0.467 e. The number of rotatable bonds is 6. The van der Waals surface area contributed by atoms with Crippen LogP contribution in [0.3, 0.4) is 0 Å². The molecule has 0 radical (unpaired) electrons. The third-order valence-corrected chi connectivity index (χ3v) is 4.88. The van der Waals surface area contributed by atoms with E-state index in [2.05, 4.69) is 16.3 Å². The highest BCUT2D eigenvalue weighted by molar-refractivity contribution is 7.99. The van der Waals surface area contributed by atoms with Crippen LogP contribution in [-0.4, -0.2) is 20.5 Å². The van der Waals surface area contributed by atoms with Crippen LogP contribution in [0.5, 0.6) is 0 Å². The maximum atomic E-state index is 8.97. The summed E-state index contributed by atoms with van der Waals surface area (Å²) in [5.41, 5.74) is 0.929. The van der Waals surface area contributed by atoms with Crippen LogP contribution in [0, 0.1) is 17.2 Å². The molecule has 0 amide bonds. The number of hydrogen-bond acceptors (Lipinski definition) is 5. The Hall–Kier alpha value is -2.23. The Morgan fingerprint density at radius 2 is 2.08 bits per heavy atom. The first kappa shape index (κ1) is 16.6. The van der Waals surface area contributed by atoms with Crippen molar-refractivity contribution in [3.63, 3.8) is 0 Å². The summed E-state index contributed by atoms with van der Waals surface area (Å²) in [5, 5.41) is 19.0. The molecular formula is C17H15ClN4OS. The first-order valence-corrected chi connectivity index (χ1v) is 8.77. The summed E-state index contributed by atoms with van der Waals surface area (Å²) < 4.78 is 7.46. The van der Waals surface area contributed by atoms with E-state index in [1.54, 1.807) is 6.26 Å². The van der Waals surface area contributed by atoms with Crippen molar-refractivity contribution in [3.8, 4) is 17.5 Å². The molecule has 2 heterocycles. The lowest BCUT2D eigenvalue weighted by Crippen LogP contribution is -2.04. The van der Waals surface area contributed by atoms with Crippen LogP contribution in [0.15, 0.2) is 52.2 Å². The highest BCUT2D eigenvalue weighted by Gasteiger charge is 2.16. The standard InChI is InChI=1S/C17H15ClN4OS/c1-12(9-19)11-24-17-21-20-16(13-4-6-14(18)7-5-13)22(17)10-15-3-2-8-23-15/h2-8,12H,10-11H2,1H3/t12-/m0/s1. The van der Waals surface area contributed by atoms with E-state index in [9.17, 15) is 0 Å². The van der Waals surface area contributed by atoms with Crippen LogP contribution < -0.4 is 0 Å². The van der Waals surface area contributed by atoms with Crippen molar-refractivity contribution in [2.75, 3.05) is 5.75 Å². The molecule has 0 spiro atoms. The van der Waals surface area contributed by atoms with Gasteiger partial charge in [0.15, 0.2) is 11.0 Å². The first-order chi connectivity index (χ1) is 11.7. The molecule has 0 N–H and O–H groups in total. The highest BCUT2D eigenvalue weighted by Crippen LogP contribution is 2.27. The van der Waals surface area contributed by atoms with Gasteiger partial charge < -0.3 is 4.42 Å². The summed E-state index contributed by atoms with van der Waals surface area (Å²) in [7, 11) is 0. The molecule has 0 aliphatic carbocycles. The number of thioether (sulfide) groups is 1. The third kappa shape index (κ3) is 3.81. The predicted octanol–water partition coefficient (Wildman–Crippen LogP) is 4.49. The van der Waals surface area contributed by atoms with E-state index in [1.165, 1.54) is 11.8 Å². The minimum Gasteiger partial charge on any atom is -0.467 e. The molecule has 0 fully saturated rings. The van der Waals surface area contributed by atoms with Crippen LogP contribution >= 0.6 is 23.4 Å². The van der Waals surface area contributed by atoms with Crippen molar-refractivity contribution in [1.29, 1.82) is 5.26 Å². The minimum absolute atomic E-state index is 0.0530. The molecule has 0 aliphatic heterocycles. The quantitative estimate of drug-likeness (QED) is 0.607. The molecule has 1 aromatic carbocycles. The second-order valence-corrected chi connectivity index (χ2v) is 6.74. The molecule has 1 atom stereocenters. The minimum atomic E-state index is -0.0530. The summed E-state index contributed by atoms with van der Waals surface area (Å²) in [6.45, 7) is 2.42. The van der Waals surface area contributed by atoms with Gasteiger partial charge in [0.1, 0.15) is 5.76 Å². The number of nitriles is 1. The van der Waals surface area contributed by atoms with Crippen molar-refractivity contribution >= 4 is 23.4 Å². The Morgan fingerprint density at radius 3 is 2.75 bits per heavy atom. The van der Waals surface area contributed by atoms with Gasteiger partial charge in [-0.15, -0.1) is 10.2 Å². The zero-order chi connectivity index (χ0) is 16.9. The van der Waals surface area contributed by atoms with E-state index >= 15 is 0 Å². The van der Waals surface area contributed by atoms with E-state index in [4.69, 9.17) is 21.3 Å². The number of furan rings is 1. The van der Waals surface area contributed by atoms with E-state index in [0.29, 0.717) is 17.3 Å². The molecule has 3 aromatic rings. The lowest BCUT2D eigenvalue weighted by atomic mass is 10.2. The molecule has 3 rings (SSSR count). The molecule has 122 valence electrons. The smallest absolute Gasteiger partial charge is 0.191 e. The highest BCUT2D eigenvalue weighted by atomic mass is 35.5. The molecule has 0 unspecified atom stereocenters. The van der Waals surface area contributed by atoms with Crippen LogP contribution in [0.4, 0.5) is 0 Å². The number of benzene rings is 1. The second-order valence-electron chi connectivity index (χ2n) is 5.32. The average Bonchev–Trinajstić information content (AvgIpc) is 3.24. The van der Waals surface area contributed by atoms with Gasteiger partial charge in [0.05, 0.1) is 24.8 Å². The van der Waals surface area contributed by atoms with Gasteiger partial charge in [0, 0.05) is 16.3 Å². The SMILES string of the molecule is C[C@@H](C#N)CSc1nnc(-c2ccc(Cl)cc2)n1Cc1ccco1. The number of hydrogen-bond donors (Lipinski definition) is 0. The van der Waals surface area contributed by atoms with Gasteiger partial charge in [-0.1, -0.05) is 23.4 Å². The maximum Gasteiger partial charge on any atom is 0.191 e. The normalized spacial score (nSPS) is 12.0. The molecule has 24 heavy (non-hydrogen) atoms. The Bertz CT molecular complexity index is 837. The maximum absolute atomic E-state index is 8.97. The molecule has 0 aliphatic rings. The van der Waals surface area contributed by atoms with E-state index in [0.717, 1.165) is 22.3 Å². The number of aromatic nitrogens is 3. The first-order valence-electron chi connectivity index (χ1n) is 7.41. The van der Waals surface area contributed by atoms with E-state index in [-0.39, 0.29) is 5.92 Å². The summed E-state index contributed by atoms with van der Waals surface area (Å²) in [4.78, 5) is 0. The van der Waals surface area contributed by atoms with Crippen LogP contribution in [0.1, 0.15) is 12.7 Å². The van der Waals surface area contributed by atoms with Gasteiger partial charge in [-0.3, -0.25) is 4.57 Å². The molecule has 2 aromatic heterocycles. The van der Waals surface area contributed by atoms with Gasteiger partial charge in [-0.2, -0.15) is 5.26 Å². The summed E-state index contributed by atoms with van der Waals surface area (Å²) in [6, 6.07) is 13.5. The lowest BCUT2D eigenvalue weighted by molar-refractivity contribution is 0.485. The lowest BCUT2D eigenvalue weighted by Gasteiger charge is -2.09. The zero-order valence-corrected chi connectivity index (χ0v) is 14.6. The molecule has 0 saturated carbocycles. The Labute approximate surface area is 149 Å². The molecular weight excluding hydrogens is 344 g/mol. The van der Waals surface area contributed by atoms with Gasteiger partial charge in [-0.05, 0) is 43.3 Å². The van der Waals surface area contributed by atoms with Crippen molar-refractivity contribution in [1.82, 2.24) is 14.8 Å². The Kier molecular flexibility index (Phi) is 5.24. The summed E-state index contributed by atoms with van der Waals surface area (Å²) in [6.07, 6.45) is 1.65. The molecule has 0 saturated heterocycles. The fourth-order valence-electron chi connectivity index (χ4n) is 2.15. The molecule has 5 nitrogen and oxygen atoms in total. The van der Waals surface area contributed by atoms with Crippen molar-refractivity contribution in [3.05, 3.63) is 53.4 Å². The van der Waals surface area contributed by atoms with Gasteiger partial charge >= 0.3 is 0 Å². The van der Waals surface area contributed by atoms with Crippen LogP contribution in [0.25, 0.3) is 11.4 Å². The van der Waals surface area contributed by atoms with Crippen LogP contribution in [0.2, 0.25) is 5.02 Å². The Balaban J connectivity index is 1.94. The van der Waals surface area contributed by atoms with E-state index in [1.807, 2.05) is 47.9 Å². The average molecular weight is 359 g/mol. The fraction of sp³-hybridized carbons (Fsp3) is 0.235. The topological polar surface area (TPSA) is 67.6 Å². The van der Waals surface area contributed by atoms with Crippen molar-refractivity contribution < 1.29 is 4.42 Å².